The first-order valence-corrected chi connectivity index (χ1v) is 4.26. The fraction of sp³-hybridized carbons (Fsp3) is 0.286. The maximum absolute atomic E-state index is 10.6. The van der Waals surface area contributed by atoms with Crippen molar-refractivity contribution in [1.29, 1.82) is 0 Å². The Morgan fingerprint density at radius 1 is 1.69 bits per heavy atom. The molecule has 0 aliphatic rings. The summed E-state index contributed by atoms with van der Waals surface area (Å²) in [7, 11) is 1.57. The van der Waals surface area contributed by atoms with Gasteiger partial charge in [-0.05, 0) is 0 Å². The van der Waals surface area contributed by atoms with E-state index in [4.69, 9.17) is 5.73 Å². The minimum atomic E-state index is -0.650. The van der Waals surface area contributed by atoms with Gasteiger partial charge >= 0.3 is 5.69 Å². The predicted octanol–water partition coefficient (Wildman–Crippen LogP) is -0.676. The fourth-order valence-corrected chi connectivity index (χ4v) is 0.930. The third-order valence-corrected chi connectivity index (χ3v) is 1.62. The van der Waals surface area contributed by atoms with Crippen LogP contribution >= 0.6 is 0 Å². The van der Waals surface area contributed by atoms with Gasteiger partial charge in [0.15, 0.2) is 0 Å². The van der Waals surface area contributed by atoms with E-state index in [1.807, 2.05) is 0 Å². The highest BCUT2D eigenvalue weighted by Crippen LogP contribution is 2.21. The van der Waals surface area contributed by atoms with Crippen molar-refractivity contribution in [3.63, 3.8) is 0 Å². The number of nitrogens with zero attached hydrogens (tertiary/aromatic N) is 3. The fourth-order valence-electron chi connectivity index (χ4n) is 0.930. The van der Waals surface area contributed by atoms with Gasteiger partial charge in [-0.25, -0.2) is 4.98 Å². The van der Waals surface area contributed by atoms with Crippen molar-refractivity contribution in [3.8, 4) is 0 Å². The highest BCUT2D eigenvalue weighted by atomic mass is 16.6. The van der Waals surface area contributed by atoms with Gasteiger partial charge in [0.2, 0.25) is 17.7 Å². The minimum absolute atomic E-state index is 0.0526. The molecule has 0 aliphatic heterocycles. The zero-order valence-electron chi connectivity index (χ0n) is 8.43. The second-order valence-corrected chi connectivity index (χ2v) is 2.75. The maximum Gasteiger partial charge on any atom is 0.329 e. The molecule has 0 saturated carbocycles. The number of primary amides is 1. The number of hydrogen-bond donors (Lipinski definition) is 3. The molecule has 1 aromatic rings. The molecule has 9 heteroatoms. The third kappa shape index (κ3) is 2.77. The molecule has 0 bridgehead atoms. The molecular formula is C7H10N6O3. The number of nitro groups is 1. The van der Waals surface area contributed by atoms with Crippen molar-refractivity contribution in [2.24, 2.45) is 5.73 Å². The van der Waals surface area contributed by atoms with Gasteiger partial charge in [0, 0.05) is 7.05 Å². The van der Waals surface area contributed by atoms with E-state index in [0.717, 1.165) is 6.20 Å². The lowest BCUT2D eigenvalue weighted by Crippen LogP contribution is -2.22. The van der Waals surface area contributed by atoms with Gasteiger partial charge in [-0.15, -0.1) is 0 Å². The Labute approximate surface area is 90.2 Å². The molecule has 0 saturated heterocycles. The molecule has 0 aliphatic carbocycles. The zero-order chi connectivity index (χ0) is 12.1. The molecule has 4 N–H and O–H groups in total. The van der Waals surface area contributed by atoms with E-state index in [1.54, 1.807) is 7.05 Å². The Morgan fingerprint density at radius 3 is 2.88 bits per heavy atom. The molecule has 0 fully saturated rings. The van der Waals surface area contributed by atoms with Crippen LogP contribution in [0.25, 0.3) is 0 Å². The summed E-state index contributed by atoms with van der Waals surface area (Å²) in [5.41, 5.74) is 4.59. The van der Waals surface area contributed by atoms with E-state index in [-0.39, 0.29) is 24.0 Å². The molecule has 1 rings (SSSR count). The summed E-state index contributed by atoms with van der Waals surface area (Å²) in [6.45, 7) is -0.235. The number of anilines is 2. The lowest BCUT2D eigenvalue weighted by Gasteiger charge is -2.05. The number of carbonyl (C=O) groups excluding carboxylic acids is 1. The lowest BCUT2D eigenvalue weighted by molar-refractivity contribution is -0.384. The summed E-state index contributed by atoms with van der Waals surface area (Å²) >= 11 is 0. The van der Waals surface area contributed by atoms with Crippen molar-refractivity contribution in [2.75, 3.05) is 24.2 Å². The lowest BCUT2D eigenvalue weighted by atomic mass is 10.4. The molecule has 1 amide bonds. The van der Waals surface area contributed by atoms with Gasteiger partial charge < -0.3 is 16.4 Å². The standard InChI is InChI=1S/C7H10N6O3/c1-9-7-11-2-4(13(15)16)6(12-7)10-3-5(8)14/h2H,3H2,1H3,(H2,8,14)(H2,9,10,11,12). The van der Waals surface area contributed by atoms with Gasteiger partial charge in [0.05, 0.1) is 11.5 Å². The van der Waals surface area contributed by atoms with Gasteiger partial charge in [-0.1, -0.05) is 0 Å². The molecule has 1 heterocycles. The summed E-state index contributed by atoms with van der Waals surface area (Å²) in [6, 6.07) is 0. The van der Waals surface area contributed by atoms with Crippen molar-refractivity contribution in [2.45, 2.75) is 0 Å². The van der Waals surface area contributed by atoms with Gasteiger partial charge in [0.1, 0.15) is 6.20 Å². The predicted molar refractivity (Wildman–Crippen MR) is 55.9 cm³/mol. The molecule has 0 spiro atoms. The van der Waals surface area contributed by atoms with Crippen LogP contribution in [0, 0.1) is 10.1 Å². The highest BCUT2D eigenvalue weighted by Gasteiger charge is 2.16. The molecule has 0 unspecified atom stereocenters. The zero-order valence-corrected chi connectivity index (χ0v) is 8.43. The van der Waals surface area contributed by atoms with Crippen LogP contribution in [-0.4, -0.2) is 34.4 Å². The van der Waals surface area contributed by atoms with Crippen LogP contribution in [0.15, 0.2) is 6.20 Å². The molecule has 86 valence electrons. The maximum atomic E-state index is 10.6. The average Bonchev–Trinajstić information content (AvgIpc) is 2.25. The molecule has 0 atom stereocenters. The first-order chi connectivity index (χ1) is 7.54. The smallest absolute Gasteiger partial charge is 0.329 e. The normalized spacial score (nSPS) is 9.56. The number of amides is 1. The summed E-state index contributed by atoms with van der Waals surface area (Å²) in [6.07, 6.45) is 1.04. The Kier molecular flexibility index (Phi) is 3.53. The third-order valence-electron chi connectivity index (χ3n) is 1.62. The van der Waals surface area contributed by atoms with Crippen LogP contribution in [0.5, 0.6) is 0 Å². The van der Waals surface area contributed by atoms with Crippen molar-refractivity contribution >= 4 is 23.4 Å². The minimum Gasteiger partial charge on any atom is -0.368 e. The molecule has 16 heavy (non-hydrogen) atoms. The second kappa shape index (κ2) is 4.87. The van der Waals surface area contributed by atoms with Crippen LogP contribution in [0.3, 0.4) is 0 Å². The first-order valence-electron chi connectivity index (χ1n) is 4.26. The van der Waals surface area contributed by atoms with Gasteiger partial charge in [-0.2, -0.15) is 4.98 Å². The van der Waals surface area contributed by atoms with Crippen molar-refractivity contribution in [3.05, 3.63) is 16.3 Å². The number of nitrogens with two attached hydrogens (primary N) is 1. The number of hydrogen-bond acceptors (Lipinski definition) is 7. The van der Waals surface area contributed by atoms with E-state index in [9.17, 15) is 14.9 Å². The monoisotopic (exact) mass is 226 g/mol. The molecule has 0 radical (unpaired) electrons. The van der Waals surface area contributed by atoms with E-state index >= 15 is 0 Å². The van der Waals surface area contributed by atoms with E-state index in [2.05, 4.69) is 20.6 Å². The van der Waals surface area contributed by atoms with Crippen LogP contribution in [0.2, 0.25) is 0 Å². The Bertz CT molecular complexity index is 421. The summed E-state index contributed by atoms with van der Waals surface area (Å²) in [4.78, 5) is 28.0. The molecule has 0 aromatic carbocycles. The molecule has 1 aromatic heterocycles. The van der Waals surface area contributed by atoms with Gasteiger partial charge in [0.25, 0.3) is 0 Å². The second-order valence-electron chi connectivity index (χ2n) is 2.75. The van der Waals surface area contributed by atoms with Crippen LogP contribution in [0.1, 0.15) is 0 Å². The topological polar surface area (TPSA) is 136 Å². The van der Waals surface area contributed by atoms with Crippen molar-refractivity contribution in [1.82, 2.24) is 9.97 Å². The van der Waals surface area contributed by atoms with Crippen molar-refractivity contribution < 1.29 is 9.72 Å². The first kappa shape index (κ1) is 11.6. The summed E-state index contributed by atoms with van der Waals surface area (Å²) < 4.78 is 0. The Balaban J connectivity index is 3.00. The van der Waals surface area contributed by atoms with Crippen LogP contribution < -0.4 is 16.4 Å². The quantitative estimate of drug-likeness (QED) is 0.447. The Morgan fingerprint density at radius 2 is 2.38 bits per heavy atom. The summed E-state index contributed by atoms with van der Waals surface area (Å²) in [5.74, 6) is -0.486. The van der Waals surface area contributed by atoms with E-state index < -0.39 is 10.8 Å². The van der Waals surface area contributed by atoms with Crippen LogP contribution in [0.4, 0.5) is 17.5 Å². The number of aromatic nitrogens is 2. The SMILES string of the molecule is CNc1ncc([N+](=O)[O-])c(NCC(N)=O)n1. The van der Waals surface area contributed by atoms with Crippen LogP contribution in [-0.2, 0) is 4.79 Å². The highest BCUT2D eigenvalue weighted by molar-refractivity contribution is 5.79. The average molecular weight is 226 g/mol. The molecule has 9 nitrogen and oxygen atoms in total. The molecular weight excluding hydrogens is 216 g/mol. The Hall–Kier alpha value is -2.45. The number of nitrogens with one attached hydrogen (secondary N) is 2. The van der Waals surface area contributed by atoms with E-state index in [0.29, 0.717) is 0 Å². The van der Waals surface area contributed by atoms with Gasteiger partial charge in [-0.3, -0.25) is 14.9 Å². The summed E-state index contributed by atoms with van der Waals surface area (Å²) in [5, 5.41) is 15.7. The van der Waals surface area contributed by atoms with E-state index in [1.165, 1.54) is 0 Å². The number of carbonyl (C=O) groups is 1. The number of rotatable bonds is 5. The largest absolute Gasteiger partial charge is 0.368 e.